The van der Waals surface area contributed by atoms with Crippen LogP contribution in [0, 0.1) is 0 Å². The maximum Gasteiger partial charge on any atom is 0.410 e. The molecule has 1 amide bonds. The molecular formula is C13H17NO2. The molecule has 0 radical (unpaired) electrons. The monoisotopic (exact) mass is 219 g/mol. The second-order valence-corrected chi connectivity index (χ2v) is 4.81. The molecule has 0 aliphatic carbocycles. The molecule has 86 valence electrons. The summed E-state index contributed by atoms with van der Waals surface area (Å²) in [5, 5.41) is 0. The molecule has 3 nitrogen and oxygen atoms in total. The van der Waals surface area contributed by atoms with E-state index in [1.165, 1.54) is 18.2 Å². The van der Waals surface area contributed by atoms with Crippen LogP contribution in [0.4, 0.5) is 4.79 Å². The molecule has 0 saturated carbocycles. The van der Waals surface area contributed by atoms with Gasteiger partial charge in [-0.3, -0.25) is 4.90 Å². The number of benzene rings is 1. The van der Waals surface area contributed by atoms with Crippen LogP contribution in [0.3, 0.4) is 0 Å². The zero-order valence-corrected chi connectivity index (χ0v) is 9.99. The number of carbonyl (C=O) groups is 1. The predicted molar refractivity (Wildman–Crippen MR) is 62.2 cm³/mol. The Labute approximate surface area is 96.0 Å². The number of hydrogen-bond donors (Lipinski definition) is 0. The SMILES string of the molecule is COC(=O)N1Cc2ccccc2CC1(C)C. The smallest absolute Gasteiger partial charge is 0.410 e. The van der Waals surface area contributed by atoms with Crippen LogP contribution < -0.4 is 0 Å². The highest BCUT2D eigenvalue weighted by Gasteiger charge is 2.36. The summed E-state index contributed by atoms with van der Waals surface area (Å²) in [6, 6.07) is 8.25. The van der Waals surface area contributed by atoms with Crippen LogP contribution >= 0.6 is 0 Å². The molecule has 1 aromatic rings. The van der Waals surface area contributed by atoms with Gasteiger partial charge in [0.2, 0.25) is 0 Å². The maximum atomic E-state index is 11.7. The van der Waals surface area contributed by atoms with Crippen LogP contribution in [0.5, 0.6) is 0 Å². The molecule has 16 heavy (non-hydrogen) atoms. The Bertz CT molecular complexity index is 412. The number of amides is 1. The van der Waals surface area contributed by atoms with Crippen molar-refractivity contribution >= 4 is 6.09 Å². The largest absolute Gasteiger partial charge is 0.453 e. The van der Waals surface area contributed by atoms with Crippen molar-refractivity contribution in [2.45, 2.75) is 32.4 Å². The lowest BCUT2D eigenvalue weighted by Gasteiger charge is -2.42. The van der Waals surface area contributed by atoms with Gasteiger partial charge in [-0.15, -0.1) is 0 Å². The van der Waals surface area contributed by atoms with E-state index in [9.17, 15) is 4.79 Å². The Morgan fingerprint density at radius 3 is 2.56 bits per heavy atom. The van der Waals surface area contributed by atoms with Gasteiger partial charge < -0.3 is 4.74 Å². The van der Waals surface area contributed by atoms with E-state index in [0.29, 0.717) is 6.54 Å². The number of carbonyl (C=O) groups excluding carboxylic acids is 1. The third-order valence-electron chi connectivity index (χ3n) is 3.20. The van der Waals surface area contributed by atoms with E-state index in [1.807, 2.05) is 12.1 Å². The van der Waals surface area contributed by atoms with Crippen molar-refractivity contribution in [3.05, 3.63) is 35.4 Å². The summed E-state index contributed by atoms with van der Waals surface area (Å²) in [4.78, 5) is 13.5. The fraction of sp³-hybridized carbons (Fsp3) is 0.462. The van der Waals surface area contributed by atoms with Gasteiger partial charge in [0, 0.05) is 12.1 Å². The lowest BCUT2D eigenvalue weighted by atomic mass is 9.86. The summed E-state index contributed by atoms with van der Waals surface area (Å²) < 4.78 is 4.83. The summed E-state index contributed by atoms with van der Waals surface area (Å²) in [7, 11) is 1.43. The van der Waals surface area contributed by atoms with Crippen LogP contribution in [-0.4, -0.2) is 23.6 Å². The molecule has 1 aliphatic heterocycles. The second kappa shape index (κ2) is 3.81. The Morgan fingerprint density at radius 2 is 1.94 bits per heavy atom. The van der Waals surface area contributed by atoms with Crippen LogP contribution in [0.25, 0.3) is 0 Å². The van der Waals surface area contributed by atoms with Crippen molar-refractivity contribution in [3.63, 3.8) is 0 Å². The molecule has 0 unspecified atom stereocenters. The van der Waals surface area contributed by atoms with Gasteiger partial charge in [-0.25, -0.2) is 4.79 Å². The molecule has 0 atom stereocenters. The van der Waals surface area contributed by atoms with E-state index in [2.05, 4.69) is 26.0 Å². The second-order valence-electron chi connectivity index (χ2n) is 4.81. The third-order valence-corrected chi connectivity index (χ3v) is 3.20. The molecule has 0 aromatic heterocycles. The van der Waals surface area contributed by atoms with Crippen molar-refractivity contribution in [2.24, 2.45) is 0 Å². The summed E-state index contributed by atoms with van der Waals surface area (Å²) in [6.07, 6.45) is 0.623. The maximum absolute atomic E-state index is 11.7. The fourth-order valence-electron chi connectivity index (χ4n) is 2.25. The Balaban J connectivity index is 2.35. The first-order chi connectivity index (χ1) is 7.54. The zero-order chi connectivity index (χ0) is 11.8. The Kier molecular flexibility index (Phi) is 2.62. The lowest BCUT2D eigenvalue weighted by molar-refractivity contribution is 0.0657. The molecule has 2 rings (SSSR count). The number of ether oxygens (including phenoxy) is 1. The van der Waals surface area contributed by atoms with E-state index in [0.717, 1.165) is 6.42 Å². The van der Waals surface area contributed by atoms with E-state index in [1.54, 1.807) is 4.90 Å². The van der Waals surface area contributed by atoms with Crippen molar-refractivity contribution in [3.8, 4) is 0 Å². The quantitative estimate of drug-likeness (QED) is 0.671. The molecule has 1 aliphatic rings. The molecule has 3 heteroatoms. The molecule has 0 spiro atoms. The normalized spacial score (nSPS) is 17.8. The van der Waals surface area contributed by atoms with E-state index in [-0.39, 0.29) is 11.6 Å². The van der Waals surface area contributed by atoms with Gasteiger partial charge in [-0.2, -0.15) is 0 Å². The van der Waals surface area contributed by atoms with Gasteiger partial charge in [0.25, 0.3) is 0 Å². The van der Waals surface area contributed by atoms with Crippen molar-refractivity contribution < 1.29 is 9.53 Å². The zero-order valence-electron chi connectivity index (χ0n) is 9.99. The van der Waals surface area contributed by atoms with Gasteiger partial charge in [0.1, 0.15) is 0 Å². The van der Waals surface area contributed by atoms with E-state index >= 15 is 0 Å². The molecule has 0 N–H and O–H groups in total. The predicted octanol–water partition coefficient (Wildman–Crippen LogP) is 2.59. The standard InChI is InChI=1S/C13H17NO2/c1-13(2)8-10-6-4-5-7-11(10)9-14(13)12(15)16-3/h4-7H,8-9H2,1-3H3. The first-order valence-electron chi connectivity index (χ1n) is 5.47. The molecule has 0 bridgehead atoms. The Morgan fingerprint density at radius 1 is 1.31 bits per heavy atom. The van der Waals surface area contributed by atoms with Gasteiger partial charge >= 0.3 is 6.09 Å². The Hall–Kier alpha value is -1.51. The van der Waals surface area contributed by atoms with Gasteiger partial charge in [0.05, 0.1) is 7.11 Å². The highest BCUT2D eigenvalue weighted by Crippen LogP contribution is 2.30. The lowest BCUT2D eigenvalue weighted by Crippen LogP contribution is -2.51. The van der Waals surface area contributed by atoms with Gasteiger partial charge in [-0.05, 0) is 31.4 Å². The number of fused-ring (bicyclic) bond motifs is 1. The highest BCUT2D eigenvalue weighted by molar-refractivity contribution is 5.69. The first-order valence-corrected chi connectivity index (χ1v) is 5.47. The molecule has 1 aromatic carbocycles. The van der Waals surface area contributed by atoms with Crippen molar-refractivity contribution in [1.29, 1.82) is 0 Å². The fourth-order valence-corrected chi connectivity index (χ4v) is 2.25. The molecule has 1 heterocycles. The average Bonchev–Trinajstić information content (AvgIpc) is 2.26. The van der Waals surface area contributed by atoms with Crippen LogP contribution in [-0.2, 0) is 17.7 Å². The number of hydrogen-bond acceptors (Lipinski definition) is 2. The summed E-state index contributed by atoms with van der Waals surface area (Å²) in [6.45, 7) is 4.77. The minimum Gasteiger partial charge on any atom is -0.453 e. The molecular weight excluding hydrogens is 202 g/mol. The van der Waals surface area contributed by atoms with Crippen molar-refractivity contribution in [2.75, 3.05) is 7.11 Å². The molecule has 0 fully saturated rings. The first kappa shape index (κ1) is 11.0. The van der Waals surface area contributed by atoms with Gasteiger partial charge in [-0.1, -0.05) is 24.3 Å². The minimum atomic E-state index is -0.250. The number of nitrogens with zero attached hydrogens (tertiary/aromatic N) is 1. The third kappa shape index (κ3) is 1.77. The number of methoxy groups -OCH3 is 1. The van der Waals surface area contributed by atoms with Crippen LogP contribution in [0.1, 0.15) is 25.0 Å². The topological polar surface area (TPSA) is 29.5 Å². The summed E-state index contributed by atoms with van der Waals surface area (Å²) in [5.74, 6) is 0. The van der Waals surface area contributed by atoms with Crippen molar-refractivity contribution in [1.82, 2.24) is 4.90 Å². The molecule has 0 saturated heterocycles. The minimum absolute atomic E-state index is 0.179. The summed E-state index contributed by atoms with van der Waals surface area (Å²) >= 11 is 0. The summed E-state index contributed by atoms with van der Waals surface area (Å²) in [5.41, 5.74) is 2.36. The van der Waals surface area contributed by atoms with E-state index in [4.69, 9.17) is 4.74 Å². The van der Waals surface area contributed by atoms with Crippen LogP contribution in [0.15, 0.2) is 24.3 Å². The van der Waals surface area contributed by atoms with Crippen LogP contribution in [0.2, 0.25) is 0 Å². The van der Waals surface area contributed by atoms with E-state index < -0.39 is 0 Å². The highest BCUT2D eigenvalue weighted by atomic mass is 16.5. The number of rotatable bonds is 0. The van der Waals surface area contributed by atoms with Gasteiger partial charge in [0.15, 0.2) is 0 Å². The average molecular weight is 219 g/mol.